The summed E-state index contributed by atoms with van der Waals surface area (Å²) in [6.45, 7) is 4.80. The smallest absolute Gasteiger partial charge is 0.231 e. The van der Waals surface area contributed by atoms with E-state index in [4.69, 9.17) is 14.5 Å². The van der Waals surface area contributed by atoms with Crippen molar-refractivity contribution in [3.8, 4) is 11.5 Å². The first-order valence-corrected chi connectivity index (χ1v) is 10.6. The van der Waals surface area contributed by atoms with E-state index in [1.165, 1.54) is 16.0 Å². The minimum absolute atomic E-state index is 0.315. The second-order valence-electron chi connectivity index (χ2n) is 6.58. The maximum Gasteiger partial charge on any atom is 0.231 e. The highest BCUT2D eigenvalue weighted by atomic mass is 32.2. The fourth-order valence-corrected chi connectivity index (χ4v) is 4.99. The molecule has 0 radical (unpaired) electrons. The molecule has 0 spiro atoms. The summed E-state index contributed by atoms with van der Waals surface area (Å²) < 4.78 is 10.8. The van der Waals surface area contributed by atoms with Gasteiger partial charge in [0.05, 0.1) is 10.7 Å². The van der Waals surface area contributed by atoms with E-state index < -0.39 is 0 Å². The molecule has 0 fully saturated rings. The van der Waals surface area contributed by atoms with Crippen molar-refractivity contribution in [1.29, 1.82) is 0 Å². The van der Waals surface area contributed by atoms with Crippen molar-refractivity contribution in [2.75, 3.05) is 6.79 Å². The maximum atomic E-state index is 5.46. The number of rotatable bonds is 6. The lowest BCUT2D eigenvalue weighted by Gasteiger charge is -2.11. The van der Waals surface area contributed by atoms with Gasteiger partial charge in [-0.25, -0.2) is 4.98 Å². The summed E-state index contributed by atoms with van der Waals surface area (Å²) in [4.78, 5) is 6.17. The van der Waals surface area contributed by atoms with Gasteiger partial charge in [-0.05, 0) is 35.2 Å². The Kier molecular flexibility index (Phi) is 5.18. The average molecular weight is 384 g/mol. The summed E-state index contributed by atoms with van der Waals surface area (Å²) in [6.07, 6.45) is 0.828. The molecule has 1 aliphatic heterocycles. The number of aromatic nitrogens is 1. The number of nitrogens with zero attached hydrogens (tertiary/aromatic N) is 1. The van der Waals surface area contributed by atoms with Crippen LogP contribution in [0.25, 0.3) is 0 Å². The van der Waals surface area contributed by atoms with Crippen LogP contribution in [-0.2, 0) is 12.2 Å². The molecule has 3 nitrogen and oxygen atoms in total. The van der Waals surface area contributed by atoms with Crippen LogP contribution in [0.15, 0.2) is 52.7 Å². The molecule has 0 atom stereocenters. The molecule has 0 unspecified atom stereocenters. The van der Waals surface area contributed by atoms with E-state index >= 15 is 0 Å². The van der Waals surface area contributed by atoms with Crippen LogP contribution in [-0.4, -0.2) is 11.8 Å². The van der Waals surface area contributed by atoms with Crippen molar-refractivity contribution >= 4 is 23.1 Å². The van der Waals surface area contributed by atoms with Crippen molar-refractivity contribution in [2.45, 2.75) is 36.8 Å². The Balaban J connectivity index is 1.41. The largest absolute Gasteiger partial charge is 0.454 e. The molecule has 1 aliphatic rings. The maximum absolute atomic E-state index is 5.46. The third-order valence-corrected chi connectivity index (χ3v) is 6.33. The van der Waals surface area contributed by atoms with Crippen LogP contribution in [0.3, 0.4) is 0 Å². The molecule has 3 aromatic rings. The van der Waals surface area contributed by atoms with Crippen molar-refractivity contribution in [2.24, 2.45) is 0 Å². The first-order valence-electron chi connectivity index (χ1n) is 8.72. The van der Waals surface area contributed by atoms with Gasteiger partial charge < -0.3 is 9.47 Å². The van der Waals surface area contributed by atoms with Gasteiger partial charge in [0.2, 0.25) is 6.79 Å². The topological polar surface area (TPSA) is 31.4 Å². The van der Waals surface area contributed by atoms with Crippen LogP contribution in [0, 0.1) is 0 Å². The molecule has 2 aromatic carbocycles. The van der Waals surface area contributed by atoms with E-state index in [1.54, 1.807) is 11.3 Å². The SMILES string of the molecule is CC(C)c1ccccc1SCc1csc(Cc2ccc3c(c2)OCO3)n1. The predicted octanol–water partition coefficient (Wildman–Crippen LogP) is 5.88. The van der Waals surface area contributed by atoms with Crippen molar-refractivity contribution < 1.29 is 9.47 Å². The Morgan fingerprint density at radius 3 is 2.85 bits per heavy atom. The summed E-state index contributed by atoms with van der Waals surface area (Å²) in [7, 11) is 0. The van der Waals surface area contributed by atoms with Crippen molar-refractivity contribution in [3.05, 3.63) is 69.7 Å². The van der Waals surface area contributed by atoms with Crippen LogP contribution >= 0.6 is 23.1 Å². The lowest BCUT2D eigenvalue weighted by atomic mass is 10.0. The lowest BCUT2D eigenvalue weighted by molar-refractivity contribution is 0.174. The van der Waals surface area contributed by atoms with Gasteiger partial charge in [0.25, 0.3) is 0 Å². The number of hydrogen-bond donors (Lipinski definition) is 0. The van der Waals surface area contributed by atoms with Gasteiger partial charge in [-0.3, -0.25) is 0 Å². The van der Waals surface area contributed by atoms with E-state index in [9.17, 15) is 0 Å². The summed E-state index contributed by atoms with van der Waals surface area (Å²) >= 11 is 3.60. The first kappa shape index (κ1) is 17.4. The van der Waals surface area contributed by atoms with Gasteiger partial charge in [0.15, 0.2) is 11.5 Å². The molecule has 0 aliphatic carbocycles. The molecule has 134 valence electrons. The highest BCUT2D eigenvalue weighted by molar-refractivity contribution is 7.98. The summed E-state index contributed by atoms with van der Waals surface area (Å²) in [6, 6.07) is 14.8. The third kappa shape index (κ3) is 3.89. The molecule has 1 aromatic heterocycles. The van der Waals surface area contributed by atoms with Crippen LogP contribution in [0.2, 0.25) is 0 Å². The summed E-state index contributed by atoms with van der Waals surface area (Å²) in [5.74, 6) is 3.10. The summed E-state index contributed by atoms with van der Waals surface area (Å²) in [5.41, 5.74) is 3.76. The number of benzene rings is 2. The number of thiazole rings is 1. The molecule has 5 heteroatoms. The van der Waals surface area contributed by atoms with Crippen LogP contribution < -0.4 is 9.47 Å². The Morgan fingerprint density at radius 1 is 1.12 bits per heavy atom. The molecule has 0 N–H and O–H groups in total. The van der Waals surface area contributed by atoms with E-state index in [0.29, 0.717) is 12.7 Å². The zero-order valence-corrected chi connectivity index (χ0v) is 16.5. The van der Waals surface area contributed by atoms with Crippen LogP contribution in [0.4, 0.5) is 0 Å². The molecule has 26 heavy (non-hydrogen) atoms. The van der Waals surface area contributed by atoms with Gasteiger partial charge in [-0.1, -0.05) is 38.1 Å². The van der Waals surface area contributed by atoms with Gasteiger partial charge in [-0.2, -0.15) is 0 Å². The van der Waals surface area contributed by atoms with E-state index in [-0.39, 0.29) is 0 Å². The van der Waals surface area contributed by atoms with Crippen molar-refractivity contribution in [1.82, 2.24) is 4.98 Å². The van der Waals surface area contributed by atoms with Gasteiger partial charge >= 0.3 is 0 Å². The minimum Gasteiger partial charge on any atom is -0.454 e. The van der Waals surface area contributed by atoms with Crippen LogP contribution in [0.1, 0.15) is 41.6 Å². The monoisotopic (exact) mass is 383 g/mol. The summed E-state index contributed by atoms with van der Waals surface area (Å²) in [5, 5.41) is 3.31. The Bertz CT molecular complexity index is 905. The van der Waals surface area contributed by atoms with Gasteiger partial charge in [-0.15, -0.1) is 23.1 Å². The number of thioether (sulfide) groups is 1. The first-order chi connectivity index (χ1) is 12.7. The predicted molar refractivity (Wildman–Crippen MR) is 108 cm³/mol. The highest BCUT2D eigenvalue weighted by Crippen LogP contribution is 2.34. The molecule has 0 bridgehead atoms. The van der Waals surface area contributed by atoms with E-state index in [0.717, 1.165) is 34.4 Å². The van der Waals surface area contributed by atoms with Gasteiger partial charge in [0.1, 0.15) is 0 Å². The molecular formula is C21H21NO2S2. The average Bonchev–Trinajstić information content (AvgIpc) is 3.29. The van der Waals surface area contributed by atoms with Crippen molar-refractivity contribution in [3.63, 3.8) is 0 Å². The number of ether oxygens (including phenoxy) is 2. The van der Waals surface area contributed by atoms with Crippen LogP contribution in [0.5, 0.6) is 11.5 Å². The Hall–Kier alpha value is -1.98. The molecule has 4 rings (SSSR count). The quantitative estimate of drug-likeness (QED) is 0.498. The molecule has 0 saturated carbocycles. The second kappa shape index (κ2) is 7.72. The fourth-order valence-electron chi connectivity index (χ4n) is 2.96. The minimum atomic E-state index is 0.315. The highest BCUT2D eigenvalue weighted by Gasteiger charge is 2.14. The standard InChI is InChI=1S/C21H21NO2S2/c1-14(2)17-5-3-4-6-20(17)25-11-16-12-26-21(22-16)10-15-7-8-18-19(9-15)24-13-23-18/h3-9,12,14H,10-11,13H2,1-2H3. The molecule has 2 heterocycles. The lowest BCUT2D eigenvalue weighted by Crippen LogP contribution is -1.93. The Morgan fingerprint density at radius 2 is 1.96 bits per heavy atom. The Labute approximate surface area is 162 Å². The van der Waals surface area contributed by atoms with Gasteiger partial charge in [0, 0.05) is 22.4 Å². The number of hydrogen-bond acceptors (Lipinski definition) is 5. The molecule has 0 saturated heterocycles. The zero-order valence-electron chi connectivity index (χ0n) is 14.9. The normalized spacial score (nSPS) is 12.7. The fraction of sp³-hybridized carbons (Fsp3) is 0.286. The second-order valence-corrected chi connectivity index (χ2v) is 8.54. The van der Waals surface area contributed by atoms with E-state index in [2.05, 4.69) is 55.6 Å². The zero-order chi connectivity index (χ0) is 17.9. The number of fused-ring (bicyclic) bond motifs is 1. The third-order valence-electron chi connectivity index (χ3n) is 4.31. The molecule has 0 amide bonds. The molecular weight excluding hydrogens is 362 g/mol. The van der Waals surface area contributed by atoms with E-state index in [1.807, 2.05) is 17.8 Å².